The molecule has 0 radical (unpaired) electrons. The molecule has 0 saturated carbocycles. The Morgan fingerprint density at radius 1 is 0.897 bits per heavy atom. The van der Waals surface area contributed by atoms with Crippen molar-refractivity contribution in [1.29, 1.82) is 5.26 Å². The number of hydrogen-bond donors (Lipinski definition) is 1. The van der Waals surface area contributed by atoms with Gasteiger partial charge in [-0.2, -0.15) is 5.26 Å². The van der Waals surface area contributed by atoms with E-state index in [2.05, 4.69) is 40.6 Å². The SMILES string of the molecule is N#C/C(=C\Nc1ccc(F)cc1)c1nc(-c2ccc(-c3ccccc3)cc2)cs1. The number of anilines is 1. The summed E-state index contributed by atoms with van der Waals surface area (Å²) in [6.45, 7) is 0. The Balaban J connectivity index is 1.53. The minimum Gasteiger partial charge on any atom is -0.360 e. The van der Waals surface area contributed by atoms with Crippen molar-refractivity contribution in [2.24, 2.45) is 0 Å². The Kier molecular flexibility index (Phi) is 5.46. The van der Waals surface area contributed by atoms with Crippen molar-refractivity contribution < 1.29 is 4.39 Å². The van der Waals surface area contributed by atoms with Crippen LogP contribution in [0.4, 0.5) is 10.1 Å². The van der Waals surface area contributed by atoms with Gasteiger partial charge in [-0.25, -0.2) is 9.37 Å². The van der Waals surface area contributed by atoms with Crippen LogP contribution < -0.4 is 5.32 Å². The molecule has 0 aliphatic heterocycles. The van der Waals surface area contributed by atoms with Crippen LogP contribution in [-0.2, 0) is 0 Å². The molecule has 3 nitrogen and oxygen atoms in total. The van der Waals surface area contributed by atoms with Crippen LogP contribution in [0.5, 0.6) is 0 Å². The largest absolute Gasteiger partial charge is 0.360 e. The van der Waals surface area contributed by atoms with Crippen molar-refractivity contribution in [2.75, 3.05) is 5.32 Å². The molecule has 1 heterocycles. The van der Waals surface area contributed by atoms with Gasteiger partial charge >= 0.3 is 0 Å². The average Bonchev–Trinajstić information content (AvgIpc) is 3.26. The van der Waals surface area contributed by atoms with Crippen LogP contribution in [0.3, 0.4) is 0 Å². The Morgan fingerprint density at radius 2 is 1.55 bits per heavy atom. The highest BCUT2D eigenvalue weighted by Gasteiger charge is 2.09. The second-order valence-corrected chi connectivity index (χ2v) is 7.16. The summed E-state index contributed by atoms with van der Waals surface area (Å²) in [5.41, 5.74) is 5.26. The maximum atomic E-state index is 13.0. The van der Waals surface area contributed by atoms with Gasteiger partial charge in [0.05, 0.1) is 5.69 Å². The molecule has 1 aromatic heterocycles. The van der Waals surface area contributed by atoms with Crippen molar-refractivity contribution in [3.63, 3.8) is 0 Å². The normalized spacial score (nSPS) is 11.1. The molecule has 0 unspecified atom stereocenters. The number of allylic oxidation sites excluding steroid dienone is 1. The van der Waals surface area contributed by atoms with Gasteiger partial charge in [0.2, 0.25) is 0 Å². The number of thiazole rings is 1. The summed E-state index contributed by atoms with van der Waals surface area (Å²) < 4.78 is 13.0. The smallest absolute Gasteiger partial charge is 0.136 e. The van der Waals surface area contributed by atoms with Crippen LogP contribution >= 0.6 is 11.3 Å². The first-order chi connectivity index (χ1) is 14.2. The van der Waals surface area contributed by atoms with E-state index < -0.39 is 0 Å². The first-order valence-corrected chi connectivity index (χ1v) is 9.85. The zero-order valence-electron chi connectivity index (χ0n) is 15.3. The number of halogens is 1. The summed E-state index contributed by atoms with van der Waals surface area (Å²) in [5.74, 6) is -0.303. The van der Waals surface area contributed by atoms with Crippen LogP contribution in [0, 0.1) is 17.1 Å². The summed E-state index contributed by atoms with van der Waals surface area (Å²) in [6, 6.07) is 26.5. The number of hydrogen-bond acceptors (Lipinski definition) is 4. The first-order valence-electron chi connectivity index (χ1n) is 8.97. The fraction of sp³-hybridized carbons (Fsp3) is 0. The van der Waals surface area contributed by atoms with Gasteiger partial charge in [0, 0.05) is 22.8 Å². The van der Waals surface area contributed by atoms with Gasteiger partial charge in [-0.15, -0.1) is 11.3 Å². The molecule has 0 bridgehead atoms. The monoisotopic (exact) mass is 397 g/mol. The van der Waals surface area contributed by atoms with Gasteiger partial charge in [0.1, 0.15) is 22.5 Å². The van der Waals surface area contributed by atoms with Gasteiger partial charge in [0.25, 0.3) is 0 Å². The van der Waals surface area contributed by atoms with E-state index in [0.717, 1.165) is 16.8 Å². The lowest BCUT2D eigenvalue weighted by Crippen LogP contribution is -1.91. The zero-order chi connectivity index (χ0) is 20.1. The van der Waals surface area contributed by atoms with Crippen LogP contribution in [0.2, 0.25) is 0 Å². The van der Waals surface area contributed by atoms with Gasteiger partial charge < -0.3 is 5.32 Å². The summed E-state index contributed by atoms with van der Waals surface area (Å²) in [5, 5.41) is 15.1. The predicted octanol–water partition coefficient (Wildman–Crippen LogP) is 6.59. The number of rotatable bonds is 5. The van der Waals surface area contributed by atoms with Gasteiger partial charge in [-0.1, -0.05) is 54.6 Å². The Hall–Kier alpha value is -3.75. The van der Waals surface area contributed by atoms with Crippen molar-refractivity contribution in [1.82, 2.24) is 4.98 Å². The summed E-state index contributed by atoms with van der Waals surface area (Å²) in [7, 11) is 0. The molecule has 0 saturated heterocycles. The molecule has 140 valence electrons. The van der Waals surface area contributed by atoms with Crippen LogP contribution in [0.1, 0.15) is 5.01 Å². The van der Waals surface area contributed by atoms with Crippen LogP contribution in [0.25, 0.3) is 28.0 Å². The van der Waals surface area contributed by atoms with Crippen LogP contribution in [-0.4, -0.2) is 4.98 Å². The van der Waals surface area contributed by atoms with Crippen molar-refractivity contribution in [2.45, 2.75) is 0 Å². The van der Waals surface area contributed by atoms with E-state index in [1.54, 1.807) is 18.3 Å². The van der Waals surface area contributed by atoms with E-state index in [-0.39, 0.29) is 5.82 Å². The molecule has 5 heteroatoms. The molecular formula is C24H16FN3S. The number of nitriles is 1. The third-order valence-corrected chi connectivity index (χ3v) is 5.25. The van der Waals surface area contributed by atoms with Crippen molar-refractivity contribution in [3.05, 3.63) is 101 Å². The number of aromatic nitrogens is 1. The van der Waals surface area contributed by atoms with E-state index in [9.17, 15) is 9.65 Å². The lowest BCUT2D eigenvalue weighted by molar-refractivity contribution is 0.628. The molecule has 0 amide bonds. The summed E-state index contributed by atoms with van der Waals surface area (Å²) in [6.07, 6.45) is 1.59. The molecule has 4 rings (SSSR count). The van der Waals surface area contributed by atoms with E-state index in [0.29, 0.717) is 16.3 Å². The Labute approximate surface area is 172 Å². The minimum atomic E-state index is -0.303. The molecule has 0 atom stereocenters. The van der Waals surface area contributed by atoms with Crippen LogP contribution in [0.15, 0.2) is 90.4 Å². The third kappa shape index (κ3) is 4.40. The van der Waals surface area contributed by atoms with E-state index in [4.69, 9.17) is 0 Å². The number of nitrogens with one attached hydrogen (secondary N) is 1. The zero-order valence-corrected chi connectivity index (χ0v) is 16.2. The molecule has 0 aliphatic carbocycles. The minimum absolute atomic E-state index is 0.303. The fourth-order valence-corrected chi connectivity index (χ4v) is 3.63. The molecule has 29 heavy (non-hydrogen) atoms. The quantitative estimate of drug-likeness (QED) is 0.386. The molecule has 0 fully saturated rings. The van der Waals surface area contributed by atoms with Gasteiger partial charge in [0.15, 0.2) is 0 Å². The highest BCUT2D eigenvalue weighted by molar-refractivity contribution is 7.11. The fourth-order valence-electron chi connectivity index (χ4n) is 2.84. The standard InChI is InChI=1S/C24H16FN3S/c25-21-10-12-22(13-11-21)27-15-20(14-26)24-28-23(16-29-24)19-8-6-18(7-9-19)17-4-2-1-3-5-17/h1-13,15-16,27H/b20-15+. The van der Waals surface area contributed by atoms with E-state index in [1.807, 2.05) is 35.7 Å². The van der Waals surface area contributed by atoms with Crippen molar-refractivity contribution >= 4 is 22.6 Å². The Bertz CT molecular complexity index is 1170. The molecule has 0 spiro atoms. The summed E-state index contributed by atoms with van der Waals surface area (Å²) >= 11 is 1.41. The molecule has 0 aliphatic rings. The lowest BCUT2D eigenvalue weighted by atomic mass is 10.0. The van der Waals surface area contributed by atoms with Crippen molar-refractivity contribution in [3.8, 4) is 28.5 Å². The summed E-state index contributed by atoms with van der Waals surface area (Å²) in [4.78, 5) is 4.61. The van der Waals surface area contributed by atoms with Gasteiger partial charge in [-0.3, -0.25) is 0 Å². The predicted molar refractivity (Wildman–Crippen MR) is 117 cm³/mol. The van der Waals surface area contributed by atoms with E-state index in [1.165, 1.54) is 29.0 Å². The highest BCUT2D eigenvalue weighted by atomic mass is 32.1. The van der Waals surface area contributed by atoms with Gasteiger partial charge in [-0.05, 0) is 35.4 Å². The molecule has 1 N–H and O–H groups in total. The first kappa shape index (κ1) is 18.6. The molecular weight excluding hydrogens is 381 g/mol. The highest BCUT2D eigenvalue weighted by Crippen LogP contribution is 2.28. The second kappa shape index (κ2) is 8.51. The average molecular weight is 397 g/mol. The Morgan fingerprint density at radius 3 is 2.24 bits per heavy atom. The number of benzene rings is 3. The molecule has 4 aromatic rings. The van der Waals surface area contributed by atoms with E-state index >= 15 is 0 Å². The lowest BCUT2D eigenvalue weighted by Gasteiger charge is -2.03. The molecule has 3 aromatic carbocycles. The number of nitrogens with zero attached hydrogens (tertiary/aromatic N) is 2. The maximum Gasteiger partial charge on any atom is 0.136 e. The second-order valence-electron chi connectivity index (χ2n) is 6.30. The maximum absolute atomic E-state index is 13.0. The topological polar surface area (TPSA) is 48.7 Å². The third-order valence-electron chi connectivity index (χ3n) is 4.37.